The Morgan fingerprint density at radius 1 is 0.367 bits per heavy atom. The lowest BCUT2D eigenvalue weighted by atomic mass is 10.0. The first-order chi connectivity index (χ1) is 29.6. The van der Waals surface area contributed by atoms with Gasteiger partial charge in [-0.25, -0.2) is 19.9 Å². The van der Waals surface area contributed by atoms with Gasteiger partial charge in [-0.05, 0) is 54.4 Å². The fraction of sp³-hybridized carbons (Fsp3) is 0.0189. The first-order valence-electron chi connectivity index (χ1n) is 19.7. The Labute approximate surface area is 350 Å². The Hall–Kier alpha value is -7.67. The van der Waals surface area contributed by atoms with Crippen molar-refractivity contribution in [2.24, 2.45) is 0 Å². The molecule has 4 heterocycles. The van der Waals surface area contributed by atoms with Gasteiger partial charge in [0.2, 0.25) is 5.28 Å². The van der Waals surface area contributed by atoms with Crippen LogP contribution in [0.1, 0.15) is 5.56 Å². The summed E-state index contributed by atoms with van der Waals surface area (Å²) in [6.07, 6.45) is 0. The van der Waals surface area contributed by atoms with Gasteiger partial charge < -0.3 is 8.83 Å². The first kappa shape index (κ1) is 36.7. The molecular formula is C53H35ClN4O2. The highest BCUT2D eigenvalue weighted by atomic mass is 35.5. The molecule has 0 radical (unpaired) electrons. The van der Waals surface area contributed by atoms with E-state index in [4.69, 9.17) is 30.4 Å². The van der Waals surface area contributed by atoms with Gasteiger partial charge in [-0.2, -0.15) is 0 Å². The zero-order valence-corrected chi connectivity index (χ0v) is 33.2. The van der Waals surface area contributed by atoms with E-state index in [1.54, 1.807) is 0 Å². The molecular weight excluding hydrogens is 760 g/mol. The van der Waals surface area contributed by atoms with Crippen molar-refractivity contribution in [3.63, 3.8) is 0 Å². The maximum absolute atomic E-state index is 6.22. The van der Waals surface area contributed by atoms with Crippen molar-refractivity contribution in [2.45, 2.75) is 6.92 Å². The molecule has 0 atom stereocenters. The van der Waals surface area contributed by atoms with Crippen molar-refractivity contribution < 1.29 is 8.83 Å². The van der Waals surface area contributed by atoms with E-state index in [0.29, 0.717) is 5.82 Å². The molecule has 7 heteroatoms. The molecule has 0 fully saturated rings. The van der Waals surface area contributed by atoms with Crippen LogP contribution in [0.2, 0.25) is 5.28 Å². The molecule has 6 nitrogen and oxygen atoms in total. The van der Waals surface area contributed by atoms with Crippen LogP contribution in [-0.2, 0) is 0 Å². The van der Waals surface area contributed by atoms with Crippen LogP contribution in [0.3, 0.4) is 0 Å². The molecule has 0 N–H and O–H groups in total. The quantitative estimate of drug-likeness (QED) is 0.166. The van der Waals surface area contributed by atoms with Gasteiger partial charge in [0.15, 0.2) is 5.82 Å². The highest BCUT2D eigenvalue weighted by Crippen LogP contribution is 2.37. The summed E-state index contributed by atoms with van der Waals surface area (Å²) in [6, 6.07) is 64.9. The number of halogens is 1. The normalized spacial score (nSPS) is 11.2. The van der Waals surface area contributed by atoms with Crippen molar-refractivity contribution in [3.8, 4) is 33.9 Å². The Bertz CT molecular complexity index is 3470. The molecule has 286 valence electrons. The van der Waals surface area contributed by atoms with Crippen molar-refractivity contribution in [1.82, 2.24) is 19.9 Å². The van der Waals surface area contributed by atoms with Crippen LogP contribution < -0.4 is 0 Å². The zero-order chi connectivity index (χ0) is 40.4. The summed E-state index contributed by atoms with van der Waals surface area (Å²) >= 11 is 5.95. The monoisotopic (exact) mass is 794 g/mol. The maximum Gasteiger partial charge on any atom is 0.223 e. The third-order valence-corrected chi connectivity index (χ3v) is 10.7. The highest BCUT2D eigenvalue weighted by Gasteiger charge is 2.17. The van der Waals surface area contributed by atoms with Gasteiger partial charge >= 0.3 is 0 Å². The maximum atomic E-state index is 6.22. The summed E-state index contributed by atoms with van der Waals surface area (Å²) in [4.78, 5) is 18.4. The third-order valence-electron chi connectivity index (χ3n) is 10.5. The second-order valence-corrected chi connectivity index (χ2v) is 14.7. The van der Waals surface area contributed by atoms with Gasteiger partial charge in [-0.1, -0.05) is 164 Å². The average molecular weight is 795 g/mol. The second-order valence-electron chi connectivity index (χ2n) is 14.3. The number of hydrogen-bond acceptors (Lipinski definition) is 6. The molecule has 0 spiro atoms. The molecule has 0 aliphatic rings. The van der Waals surface area contributed by atoms with Crippen LogP contribution in [0.4, 0.5) is 0 Å². The van der Waals surface area contributed by atoms with Gasteiger partial charge in [0.25, 0.3) is 0 Å². The number of benzene rings is 8. The lowest BCUT2D eigenvalue weighted by Crippen LogP contribution is -1.95. The number of aryl methyl sites for hydroxylation is 1. The van der Waals surface area contributed by atoms with E-state index in [1.165, 1.54) is 16.3 Å². The van der Waals surface area contributed by atoms with Crippen LogP contribution in [0, 0.1) is 6.92 Å². The van der Waals surface area contributed by atoms with E-state index in [1.807, 2.05) is 140 Å². The number of rotatable bonds is 3. The number of nitrogens with zero attached hydrogens (tertiary/aromatic N) is 4. The molecule has 0 aliphatic carbocycles. The summed E-state index contributed by atoms with van der Waals surface area (Å²) in [5.74, 6) is 0.673. The van der Waals surface area contributed by atoms with Crippen molar-refractivity contribution in [2.75, 3.05) is 0 Å². The number of aromatic nitrogens is 4. The number of furan rings is 2. The van der Waals surface area contributed by atoms with E-state index in [-0.39, 0.29) is 5.28 Å². The molecule has 60 heavy (non-hydrogen) atoms. The van der Waals surface area contributed by atoms with Crippen molar-refractivity contribution in [3.05, 3.63) is 205 Å². The van der Waals surface area contributed by atoms with E-state index < -0.39 is 0 Å². The molecule has 0 aliphatic heterocycles. The van der Waals surface area contributed by atoms with Gasteiger partial charge in [0, 0.05) is 43.4 Å². The predicted octanol–water partition coefficient (Wildman–Crippen LogP) is 14.7. The van der Waals surface area contributed by atoms with Gasteiger partial charge in [-0.3, -0.25) is 0 Å². The average Bonchev–Trinajstić information content (AvgIpc) is 3.89. The minimum atomic E-state index is 0.280. The van der Waals surface area contributed by atoms with Crippen LogP contribution in [0.5, 0.6) is 0 Å². The second kappa shape index (κ2) is 15.9. The SMILES string of the molecule is Cc1cccc2c1oc1ccccc12.Clc1nc(-c2ccccc2)c2ccccc2n1.c1ccc(-c2nc(-c3cccc4c3oc3ccccc34)nc3ccccc23)cc1. The van der Waals surface area contributed by atoms with Crippen LogP contribution >= 0.6 is 11.6 Å². The molecule has 12 rings (SSSR count). The summed E-state index contributed by atoms with van der Waals surface area (Å²) < 4.78 is 12.0. The van der Waals surface area contributed by atoms with Gasteiger partial charge in [0.1, 0.15) is 22.3 Å². The Morgan fingerprint density at radius 2 is 0.817 bits per heavy atom. The standard InChI is InChI=1S/C26H16N2O.C14H9ClN2.C13H10O/c1-2-9-17(10-3-1)24-20-12-4-6-15-22(20)27-26(28-24)21-14-8-13-19-18-11-5-7-16-23(18)29-25(19)21;15-14-16-12-9-5-4-8-11(12)13(17-14)10-6-2-1-3-7-10;1-9-5-4-7-11-10-6-2-3-8-12(10)14-13(9)11/h1-16H;1-9H;2-8H,1H3. The molecule has 0 amide bonds. The molecule has 12 aromatic rings. The number of para-hydroxylation sites is 6. The molecule has 8 aromatic carbocycles. The molecule has 0 saturated carbocycles. The minimum absolute atomic E-state index is 0.280. The van der Waals surface area contributed by atoms with E-state index in [2.05, 4.69) is 71.5 Å². The number of hydrogen-bond donors (Lipinski definition) is 0. The lowest BCUT2D eigenvalue weighted by Gasteiger charge is -2.09. The molecule has 0 bridgehead atoms. The summed E-state index contributed by atoms with van der Waals surface area (Å²) in [7, 11) is 0. The number of fused-ring (bicyclic) bond motifs is 8. The lowest BCUT2D eigenvalue weighted by molar-refractivity contribution is 0.666. The van der Waals surface area contributed by atoms with E-state index in [9.17, 15) is 0 Å². The Balaban J connectivity index is 0.000000118. The molecule has 4 aromatic heterocycles. The summed E-state index contributed by atoms with van der Waals surface area (Å²) in [5.41, 5.74) is 11.5. The fourth-order valence-electron chi connectivity index (χ4n) is 7.69. The Morgan fingerprint density at radius 3 is 1.43 bits per heavy atom. The van der Waals surface area contributed by atoms with Gasteiger partial charge in [-0.15, -0.1) is 0 Å². The minimum Gasteiger partial charge on any atom is -0.456 e. The third kappa shape index (κ3) is 6.99. The summed E-state index contributed by atoms with van der Waals surface area (Å²) in [6.45, 7) is 2.07. The smallest absolute Gasteiger partial charge is 0.223 e. The molecule has 0 unspecified atom stereocenters. The fourth-order valence-corrected chi connectivity index (χ4v) is 7.86. The summed E-state index contributed by atoms with van der Waals surface area (Å²) in [5, 5.41) is 6.93. The predicted molar refractivity (Wildman–Crippen MR) is 246 cm³/mol. The Kier molecular flexibility index (Phi) is 9.74. The van der Waals surface area contributed by atoms with Crippen molar-refractivity contribution in [1.29, 1.82) is 0 Å². The highest BCUT2D eigenvalue weighted by molar-refractivity contribution is 6.29. The van der Waals surface area contributed by atoms with Crippen LogP contribution in [0.15, 0.2) is 203 Å². The van der Waals surface area contributed by atoms with Crippen LogP contribution in [-0.4, -0.2) is 19.9 Å². The zero-order valence-electron chi connectivity index (χ0n) is 32.5. The van der Waals surface area contributed by atoms with Crippen molar-refractivity contribution >= 4 is 77.3 Å². The van der Waals surface area contributed by atoms with E-state index in [0.717, 1.165) is 83.0 Å². The topological polar surface area (TPSA) is 77.8 Å². The molecule has 0 saturated heterocycles. The van der Waals surface area contributed by atoms with Crippen LogP contribution in [0.25, 0.3) is 99.6 Å². The first-order valence-corrected chi connectivity index (χ1v) is 20.0. The van der Waals surface area contributed by atoms with E-state index >= 15 is 0 Å². The largest absolute Gasteiger partial charge is 0.456 e. The van der Waals surface area contributed by atoms with Gasteiger partial charge in [0.05, 0.1) is 28.0 Å².